The van der Waals surface area contributed by atoms with Crippen molar-refractivity contribution in [3.8, 4) is 0 Å². The lowest BCUT2D eigenvalue weighted by molar-refractivity contribution is 0.136. The molecule has 0 aliphatic carbocycles. The van der Waals surface area contributed by atoms with E-state index in [0.717, 1.165) is 12.8 Å². The zero-order chi connectivity index (χ0) is 15.9. The third-order valence-electron chi connectivity index (χ3n) is 3.13. The van der Waals surface area contributed by atoms with Crippen molar-refractivity contribution in [1.29, 1.82) is 0 Å². The second kappa shape index (κ2) is 8.53. The van der Waals surface area contributed by atoms with Crippen molar-refractivity contribution >= 4 is 10.0 Å². The number of hydrogen-bond donors (Lipinski definition) is 2. The van der Waals surface area contributed by atoms with Crippen LogP contribution in [0.25, 0.3) is 0 Å². The van der Waals surface area contributed by atoms with Gasteiger partial charge in [-0.05, 0) is 27.3 Å². The largest absolute Gasteiger partial charge is 0.465 e. The molecule has 0 saturated carbocycles. The summed E-state index contributed by atoms with van der Waals surface area (Å²) in [5.74, 6) is 1.04. The molecular weight excluding hydrogens is 292 g/mol. The fraction of sp³-hybridized carbons (Fsp3) is 0.714. The van der Waals surface area contributed by atoms with Crippen molar-refractivity contribution in [2.45, 2.75) is 45.1 Å². The maximum Gasteiger partial charge on any atom is 0.244 e. The fourth-order valence-electron chi connectivity index (χ4n) is 2.11. The molecule has 0 radical (unpaired) electrons. The summed E-state index contributed by atoms with van der Waals surface area (Å²) in [4.78, 5) is 0.239. The third kappa shape index (κ3) is 5.10. The lowest BCUT2D eigenvalue weighted by Gasteiger charge is -2.09. The first-order valence-electron chi connectivity index (χ1n) is 7.24. The summed E-state index contributed by atoms with van der Waals surface area (Å²) in [5, 5.41) is 2.96. The van der Waals surface area contributed by atoms with Gasteiger partial charge in [-0.2, -0.15) is 0 Å². The molecule has 2 N–H and O–H groups in total. The van der Waals surface area contributed by atoms with Gasteiger partial charge in [0.15, 0.2) is 0 Å². The van der Waals surface area contributed by atoms with E-state index in [1.54, 1.807) is 20.9 Å². The van der Waals surface area contributed by atoms with Gasteiger partial charge in [-0.25, -0.2) is 13.1 Å². The molecule has 122 valence electrons. The summed E-state index contributed by atoms with van der Waals surface area (Å²) in [5.41, 5.74) is 0.675. The fourth-order valence-corrected chi connectivity index (χ4v) is 3.57. The van der Waals surface area contributed by atoms with E-state index in [1.165, 1.54) is 0 Å². The first-order chi connectivity index (χ1) is 9.94. The van der Waals surface area contributed by atoms with Gasteiger partial charge in [-0.15, -0.1) is 0 Å². The minimum Gasteiger partial charge on any atom is -0.465 e. The molecule has 7 heteroatoms. The van der Waals surface area contributed by atoms with Gasteiger partial charge < -0.3 is 14.5 Å². The van der Waals surface area contributed by atoms with Gasteiger partial charge in [0.1, 0.15) is 16.4 Å². The molecule has 0 aliphatic rings. The van der Waals surface area contributed by atoms with Crippen LogP contribution >= 0.6 is 0 Å². The van der Waals surface area contributed by atoms with Gasteiger partial charge in [0.05, 0.1) is 6.61 Å². The van der Waals surface area contributed by atoms with Crippen LogP contribution in [0.3, 0.4) is 0 Å². The molecule has 0 fully saturated rings. The number of rotatable bonds is 10. The van der Waals surface area contributed by atoms with E-state index in [2.05, 4.69) is 17.0 Å². The predicted molar refractivity (Wildman–Crippen MR) is 81.9 cm³/mol. The highest BCUT2D eigenvalue weighted by atomic mass is 32.2. The van der Waals surface area contributed by atoms with E-state index < -0.39 is 10.0 Å². The Labute approximate surface area is 127 Å². The molecule has 0 bridgehead atoms. The molecule has 21 heavy (non-hydrogen) atoms. The zero-order valence-corrected chi connectivity index (χ0v) is 14.1. The highest BCUT2D eigenvalue weighted by molar-refractivity contribution is 7.89. The van der Waals surface area contributed by atoms with Crippen LogP contribution in [0.1, 0.15) is 36.8 Å². The highest BCUT2D eigenvalue weighted by Gasteiger charge is 2.26. The monoisotopic (exact) mass is 318 g/mol. The van der Waals surface area contributed by atoms with Crippen molar-refractivity contribution in [2.75, 3.05) is 26.8 Å². The van der Waals surface area contributed by atoms with Crippen LogP contribution in [0.4, 0.5) is 0 Å². The van der Waals surface area contributed by atoms with Gasteiger partial charge in [0, 0.05) is 25.3 Å². The minimum absolute atomic E-state index is 0.239. The maximum atomic E-state index is 12.4. The van der Waals surface area contributed by atoms with Crippen molar-refractivity contribution < 1.29 is 17.6 Å². The molecule has 1 rings (SSSR count). The van der Waals surface area contributed by atoms with Crippen LogP contribution in [0.15, 0.2) is 9.31 Å². The molecule has 0 aliphatic heterocycles. The predicted octanol–water partition coefficient (Wildman–Crippen LogP) is 1.71. The number of ether oxygens (including phenoxy) is 1. The molecule has 0 atom stereocenters. The second-order valence-electron chi connectivity index (χ2n) is 4.92. The number of furan rings is 1. The van der Waals surface area contributed by atoms with Crippen LogP contribution in [0.2, 0.25) is 0 Å². The standard InChI is InChI=1S/C14H26N2O4S/c1-5-6-8-19-9-7-16-21(17,18)14-12(3)20-11(2)13(14)10-15-4/h15-16H,5-10H2,1-4H3. The normalized spacial score (nSPS) is 12.0. The van der Waals surface area contributed by atoms with Crippen LogP contribution < -0.4 is 10.0 Å². The van der Waals surface area contributed by atoms with E-state index in [-0.39, 0.29) is 11.4 Å². The van der Waals surface area contributed by atoms with Crippen molar-refractivity contribution in [3.05, 3.63) is 17.1 Å². The average molecular weight is 318 g/mol. The zero-order valence-electron chi connectivity index (χ0n) is 13.3. The van der Waals surface area contributed by atoms with Gasteiger partial charge in [-0.1, -0.05) is 13.3 Å². The van der Waals surface area contributed by atoms with E-state index in [0.29, 0.717) is 36.8 Å². The highest BCUT2D eigenvalue weighted by Crippen LogP contribution is 2.26. The summed E-state index contributed by atoms with van der Waals surface area (Å²) in [6, 6.07) is 0. The number of hydrogen-bond acceptors (Lipinski definition) is 5. The van der Waals surface area contributed by atoms with Gasteiger partial charge in [0.25, 0.3) is 0 Å². The number of unbranched alkanes of at least 4 members (excludes halogenated alkanes) is 1. The molecule has 1 aromatic heterocycles. The van der Waals surface area contributed by atoms with E-state index >= 15 is 0 Å². The van der Waals surface area contributed by atoms with Crippen molar-refractivity contribution in [2.24, 2.45) is 0 Å². The molecule has 1 heterocycles. The Morgan fingerprint density at radius 3 is 2.52 bits per heavy atom. The lowest BCUT2D eigenvalue weighted by Crippen LogP contribution is -2.29. The number of nitrogens with one attached hydrogen (secondary N) is 2. The number of aryl methyl sites for hydroxylation is 2. The van der Waals surface area contributed by atoms with Crippen LogP contribution in [-0.2, 0) is 21.3 Å². The summed E-state index contributed by atoms with van der Waals surface area (Å²) >= 11 is 0. The van der Waals surface area contributed by atoms with E-state index in [9.17, 15) is 8.42 Å². The van der Waals surface area contributed by atoms with Crippen LogP contribution in [-0.4, -0.2) is 35.2 Å². The lowest BCUT2D eigenvalue weighted by atomic mass is 10.2. The van der Waals surface area contributed by atoms with E-state index in [4.69, 9.17) is 9.15 Å². The van der Waals surface area contributed by atoms with Gasteiger partial charge >= 0.3 is 0 Å². The number of sulfonamides is 1. The summed E-state index contributed by atoms with van der Waals surface area (Å²) in [7, 11) is -1.81. The quantitative estimate of drug-likeness (QED) is 0.642. The first-order valence-corrected chi connectivity index (χ1v) is 8.73. The smallest absolute Gasteiger partial charge is 0.244 e. The van der Waals surface area contributed by atoms with Crippen molar-refractivity contribution in [3.63, 3.8) is 0 Å². The third-order valence-corrected chi connectivity index (χ3v) is 4.78. The Hall–Kier alpha value is -0.890. The van der Waals surface area contributed by atoms with Crippen LogP contribution in [0, 0.1) is 13.8 Å². The minimum atomic E-state index is -3.58. The van der Waals surface area contributed by atoms with Gasteiger partial charge in [0.2, 0.25) is 10.0 Å². The molecule has 1 aromatic rings. The van der Waals surface area contributed by atoms with Crippen molar-refractivity contribution in [1.82, 2.24) is 10.0 Å². The molecule has 6 nitrogen and oxygen atoms in total. The summed E-state index contributed by atoms with van der Waals surface area (Å²) in [6.45, 7) is 7.26. The Balaban J connectivity index is 2.70. The Morgan fingerprint density at radius 1 is 1.19 bits per heavy atom. The molecule has 0 unspecified atom stereocenters. The molecule has 0 aromatic carbocycles. The molecule has 0 spiro atoms. The SMILES string of the molecule is CCCCOCCNS(=O)(=O)c1c(C)oc(C)c1CNC. The average Bonchev–Trinajstić information content (AvgIpc) is 2.69. The molecular formula is C14H26N2O4S. The summed E-state index contributed by atoms with van der Waals surface area (Å²) in [6.07, 6.45) is 2.05. The Kier molecular flexibility index (Phi) is 7.37. The Morgan fingerprint density at radius 2 is 1.90 bits per heavy atom. The Bertz CT molecular complexity index is 537. The molecule has 0 saturated heterocycles. The topological polar surface area (TPSA) is 80.6 Å². The maximum absolute atomic E-state index is 12.4. The molecule has 0 amide bonds. The second-order valence-corrected chi connectivity index (χ2v) is 6.62. The summed E-state index contributed by atoms with van der Waals surface area (Å²) < 4.78 is 38.2. The van der Waals surface area contributed by atoms with Gasteiger partial charge in [-0.3, -0.25) is 0 Å². The van der Waals surface area contributed by atoms with Crippen LogP contribution in [0.5, 0.6) is 0 Å². The van der Waals surface area contributed by atoms with E-state index in [1.807, 2.05) is 0 Å². The first kappa shape index (κ1) is 18.2.